The smallest absolute Gasteiger partial charge is 0.197 e. The van der Waals surface area contributed by atoms with E-state index in [1.54, 1.807) is 23.1 Å². The van der Waals surface area contributed by atoms with Gasteiger partial charge in [-0.25, -0.2) is 4.98 Å². The molecule has 1 aliphatic rings. The van der Waals surface area contributed by atoms with Crippen LogP contribution in [0.25, 0.3) is 15.9 Å². The summed E-state index contributed by atoms with van der Waals surface area (Å²) in [6.45, 7) is 6.98. The third kappa shape index (κ3) is 3.41. The zero-order valence-electron chi connectivity index (χ0n) is 16.8. The van der Waals surface area contributed by atoms with Gasteiger partial charge in [0.25, 0.3) is 0 Å². The molecular weight excluding hydrogens is 459 g/mol. The molecule has 0 aliphatic carbocycles. The molecule has 5 nitrogen and oxygen atoms in total. The van der Waals surface area contributed by atoms with Crippen LogP contribution in [0.15, 0.2) is 23.4 Å². The van der Waals surface area contributed by atoms with E-state index in [0.29, 0.717) is 22.4 Å². The normalized spacial score (nSPS) is 15.8. The Morgan fingerprint density at radius 1 is 1.23 bits per heavy atom. The molecule has 4 heterocycles. The summed E-state index contributed by atoms with van der Waals surface area (Å²) in [7, 11) is 0. The lowest BCUT2D eigenvalue weighted by Gasteiger charge is -2.30. The van der Waals surface area contributed by atoms with Crippen molar-refractivity contribution in [1.82, 2.24) is 19.6 Å². The van der Waals surface area contributed by atoms with E-state index in [1.807, 2.05) is 18.2 Å². The lowest BCUT2D eigenvalue weighted by molar-refractivity contribution is -0.0379. The van der Waals surface area contributed by atoms with Gasteiger partial charge >= 0.3 is 0 Å². The van der Waals surface area contributed by atoms with E-state index >= 15 is 0 Å². The Morgan fingerprint density at radius 2 is 2.00 bits per heavy atom. The zero-order chi connectivity index (χ0) is 21.0. The van der Waals surface area contributed by atoms with Gasteiger partial charge in [0.2, 0.25) is 0 Å². The first-order valence-corrected chi connectivity index (χ1v) is 12.3. The summed E-state index contributed by atoms with van der Waals surface area (Å²) < 4.78 is 8.11. The summed E-state index contributed by atoms with van der Waals surface area (Å²) in [4.78, 5) is 7.24. The second kappa shape index (κ2) is 7.64. The predicted molar refractivity (Wildman–Crippen MR) is 124 cm³/mol. The summed E-state index contributed by atoms with van der Waals surface area (Å²) >= 11 is 16.0. The topological polar surface area (TPSA) is 52.3 Å². The summed E-state index contributed by atoms with van der Waals surface area (Å²) in [5.41, 5.74) is 2.88. The number of aryl methyl sites for hydroxylation is 1. The van der Waals surface area contributed by atoms with Crippen molar-refractivity contribution in [2.24, 2.45) is 0 Å². The number of halogens is 2. The lowest BCUT2D eigenvalue weighted by atomic mass is 9.94. The van der Waals surface area contributed by atoms with Crippen LogP contribution < -0.4 is 0 Å². The number of benzene rings is 1. The van der Waals surface area contributed by atoms with Crippen molar-refractivity contribution >= 4 is 62.2 Å². The lowest BCUT2D eigenvalue weighted by Crippen LogP contribution is -2.31. The second-order valence-corrected chi connectivity index (χ2v) is 10.8. The van der Waals surface area contributed by atoms with Gasteiger partial charge in [-0.2, -0.15) is 0 Å². The molecule has 0 saturated heterocycles. The summed E-state index contributed by atoms with van der Waals surface area (Å²) in [5, 5.41) is 12.3. The third-order valence-electron chi connectivity index (χ3n) is 5.34. The molecule has 3 aromatic heterocycles. The van der Waals surface area contributed by atoms with E-state index in [1.165, 1.54) is 10.4 Å². The highest BCUT2D eigenvalue weighted by molar-refractivity contribution is 7.98. The number of thiophene rings is 1. The first kappa shape index (κ1) is 20.5. The van der Waals surface area contributed by atoms with E-state index in [4.69, 9.17) is 32.9 Å². The Morgan fingerprint density at radius 3 is 2.73 bits per heavy atom. The van der Waals surface area contributed by atoms with Gasteiger partial charge in [-0.05, 0) is 37.1 Å². The van der Waals surface area contributed by atoms with Crippen molar-refractivity contribution in [1.29, 1.82) is 0 Å². The Balaban J connectivity index is 1.63. The van der Waals surface area contributed by atoms with Crippen molar-refractivity contribution in [2.45, 2.75) is 56.7 Å². The van der Waals surface area contributed by atoms with Gasteiger partial charge in [-0.3, -0.25) is 4.40 Å². The predicted octanol–water partition coefficient (Wildman–Crippen LogP) is 6.35. The number of fused-ring (bicyclic) bond motifs is 5. The van der Waals surface area contributed by atoms with Crippen LogP contribution in [-0.4, -0.2) is 25.2 Å². The Hall–Kier alpha value is -1.38. The van der Waals surface area contributed by atoms with Crippen LogP contribution in [0.4, 0.5) is 0 Å². The number of hydrogen-bond donors (Lipinski definition) is 0. The standard InChI is InChI=1S/C21H20Cl2N4OS2/c1-4-16-24-19-17(11-8-21(2,3)28-9-15(11)30-19)18-25-26-20(27(16)18)29-10-12-13(22)6-5-7-14(12)23/h5-7H,4,8-10H2,1-3H3. The number of thioether (sulfide) groups is 1. The first-order chi connectivity index (χ1) is 14.4. The molecule has 1 aliphatic heterocycles. The molecule has 5 rings (SSSR count). The Kier molecular flexibility index (Phi) is 5.22. The van der Waals surface area contributed by atoms with Crippen LogP contribution in [0.5, 0.6) is 0 Å². The maximum absolute atomic E-state index is 6.35. The molecule has 4 aromatic rings. The zero-order valence-corrected chi connectivity index (χ0v) is 20.0. The van der Waals surface area contributed by atoms with Crippen molar-refractivity contribution in [3.05, 3.63) is 50.1 Å². The molecule has 30 heavy (non-hydrogen) atoms. The van der Waals surface area contributed by atoms with Gasteiger partial charge in [-0.1, -0.05) is 48.0 Å². The minimum Gasteiger partial charge on any atom is -0.370 e. The minimum absolute atomic E-state index is 0.195. The number of ether oxygens (including phenoxy) is 1. The maximum Gasteiger partial charge on any atom is 0.197 e. The molecule has 0 amide bonds. The van der Waals surface area contributed by atoms with E-state index in [9.17, 15) is 0 Å². The molecule has 9 heteroatoms. The molecule has 1 aromatic carbocycles. The third-order valence-corrected chi connectivity index (χ3v) is 8.10. The van der Waals surface area contributed by atoms with Crippen molar-refractivity contribution in [2.75, 3.05) is 0 Å². The van der Waals surface area contributed by atoms with E-state index in [-0.39, 0.29) is 5.60 Å². The van der Waals surface area contributed by atoms with Crippen molar-refractivity contribution in [3.63, 3.8) is 0 Å². The van der Waals surface area contributed by atoms with Crippen molar-refractivity contribution < 1.29 is 4.74 Å². The number of nitrogens with zero attached hydrogens (tertiary/aromatic N) is 4. The van der Waals surface area contributed by atoms with Crippen LogP contribution in [0.3, 0.4) is 0 Å². The van der Waals surface area contributed by atoms with Crippen LogP contribution in [0.1, 0.15) is 42.6 Å². The van der Waals surface area contributed by atoms with Gasteiger partial charge < -0.3 is 4.74 Å². The number of aromatic nitrogens is 4. The largest absolute Gasteiger partial charge is 0.370 e. The Labute approximate surface area is 192 Å². The van der Waals surface area contributed by atoms with Crippen LogP contribution in [-0.2, 0) is 29.9 Å². The highest BCUT2D eigenvalue weighted by Crippen LogP contribution is 2.41. The molecule has 0 saturated carbocycles. The number of hydrogen-bond acceptors (Lipinski definition) is 6. The van der Waals surface area contributed by atoms with Gasteiger partial charge in [0.1, 0.15) is 10.7 Å². The van der Waals surface area contributed by atoms with Gasteiger partial charge in [0, 0.05) is 33.5 Å². The average molecular weight is 479 g/mol. The SMILES string of the molecule is CCc1nc2sc3c(c2c2nnc(SCc4c(Cl)cccc4Cl)n12)CC(C)(C)OC3. The maximum atomic E-state index is 6.35. The molecule has 0 bridgehead atoms. The molecule has 156 valence electrons. The Bertz CT molecular complexity index is 1260. The molecule has 0 unspecified atom stereocenters. The van der Waals surface area contributed by atoms with E-state index in [0.717, 1.165) is 45.2 Å². The fraction of sp³-hybridized carbons (Fsp3) is 0.381. The quantitative estimate of drug-likeness (QED) is 0.319. The molecule has 0 N–H and O–H groups in total. The summed E-state index contributed by atoms with van der Waals surface area (Å²) in [6, 6.07) is 5.57. The number of rotatable bonds is 4. The monoisotopic (exact) mass is 478 g/mol. The van der Waals surface area contributed by atoms with Gasteiger partial charge in [-0.15, -0.1) is 21.5 Å². The second-order valence-electron chi connectivity index (χ2n) is 7.92. The molecule has 0 radical (unpaired) electrons. The highest BCUT2D eigenvalue weighted by atomic mass is 35.5. The summed E-state index contributed by atoms with van der Waals surface area (Å²) in [5.74, 6) is 1.57. The van der Waals surface area contributed by atoms with Crippen LogP contribution in [0, 0.1) is 0 Å². The molecule has 0 spiro atoms. The van der Waals surface area contributed by atoms with Crippen molar-refractivity contribution in [3.8, 4) is 0 Å². The minimum atomic E-state index is -0.195. The van der Waals surface area contributed by atoms with Crippen LogP contribution in [0.2, 0.25) is 10.0 Å². The van der Waals surface area contributed by atoms with Crippen LogP contribution >= 0.6 is 46.3 Å². The molecule has 0 atom stereocenters. The fourth-order valence-electron chi connectivity index (χ4n) is 3.82. The molecular formula is C21H20Cl2N4OS2. The van der Waals surface area contributed by atoms with Gasteiger partial charge in [0.05, 0.1) is 17.6 Å². The van der Waals surface area contributed by atoms with E-state index < -0.39 is 0 Å². The summed E-state index contributed by atoms with van der Waals surface area (Å²) in [6.07, 6.45) is 1.63. The fourth-order valence-corrected chi connectivity index (χ4v) is 6.63. The highest BCUT2D eigenvalue weighted by Gasteiger charge is 2.31. The molecule has 0 fully saturated rings. The average Bonchev–Trinajstić information content (AvgIpc) is 3.27. The van der Waals surface area contributed by atoms with Gasteiger partial charge in [0.15, 0.2) is 10.8 Å². The first-order valence-electron chi connectivity index (χ1n) is 9.76. The van der Waals surface area contributed by atoms with E-state index in [2.05, 4.69) is 35.4 Å².